The first-order chi connectivity index (χ1) is 23.5. The molecule has 0 radical (unpaired) electrons. The van der Waals surface area contributed by atoms with E-state index in [-0.39, 0.29) is 0 Å². The van der Waals surface area contributed by atoms with Gasteiger partial charge in [-0.1, -0.05) is 103 Å². The van der Waals surface area contributed by atoms with E-state index in [4.69, 9.17) is 0 Å². The molecule has 0 saturated heterocycles. The molecule has 0 amide bonds. The van der Waals surface area contributed by atoms with Gasteiger partial charge in [-0.15, -0.1) is 0 Å². The first kappa shape index (κ1) is 36.9. The predicted molar refractivity (Wildman–Crippen MR) is 203 cm³/mol. The Bertz CT molecular complexity index is 1400. The molecule has 2 fully saturated rings. The van der Waals surface area contributed by atoms with E-state index in [9.17, 15) is 0 Å². The summed E-state index contributed by atoms with van der Waals surface area (Å²) in [6, 6.07) is 25.9. The molecule has 6 heteroatoms. The smallest absolute Gasteiger partial charge is 0.0807 e. The Morgan fingerprint density at radius 1 is 0.625 bits per heavy atom. The number of hydrogen-bond donors (Lipinski definition) is 2. The Hall–Kier alpha value is -3.90. The molecule has 3 heterocycles. The Morgan fingerprint density at radius 2 is 1.17 bits per heavy atom. The van der Waals surface area contributed by atoms with Crippen molar-refractivity contribution in [1.82, 2.24) is 20.3 Å². The molecule has 0 bridgehead atoms. The highest BCUT2D eigenvalue weighted by atomic mass is 14.9. The van der Waals surface area contributed by atoms with E-state index in [1.165, 1.54) is 81.0 Å². The zero-order chi connectivity index (χ0) is 33.8. The molecule has 3 aromatic heterocycles. The van der Waals surface area contributed by atoms with Crippen molar-refractivity contribution in [3.05, 3.63) is 120 Å². The largest absolute Gasteiger partial charge is 0.379 e. The summed E-state index contributed by atoms with van der Waals surface area (Å²) in [6.45, 7) is 10.7. The quantitative estimate of drug-likeness (QED) is 0.168. The molecule has 2 aliphatic rings. The van der Waals surface area contributed by atoms with Crippen molar-refractivity contribution >= 4 is 11.9 Å². The Labute approximate surface area is 290 Å². The summed E-state index contributed by atoms with van der Waals surface area (Å²) in [5, 5.41) is 7.17. The van der Waals surface area contributed by atoms with Gasteiger partial charge in [-0.25, -0.2) is 0 Å². The van der Waals surface area contributed by atoms with Crippen LogP contribution in [0.3, 0.4) is 0 Å². The fourth-order valence-corrected chi connectivity index (χ4v) is 6.36. The zero-order valence-electron chi connectivity index (χ0n) is 29.8. The van der Waals surface area contributed by atoms with Crippen LogP contribution < -0.4 is 10.6 Å². The van der Waals surface area contributed by atoms with Crippen LogP contribution in [0, 0.1) is 0 Å². The van der Waals surface area contributed by atoms with E-state index in [0.29, 0.717) is 17.9 Å². The van der Waals surface area contributed by atoms with Crippen LogP contribution in [0.1, 0.15) is 132 Å². The summed E-state index contributed by atoms with van der Waals surface area (Å²) in [4.78, 5) is 17.5. The van der Waals surface area contributed by atoms with Crippen LogP contribution in [0.25, 0.3) is 0 Å². The minimum atomic E-state index is 0.514. The number of anilines is 1. The van der Waals surface area contributed by atoms with Crippen LogP contribution in [0.15, 0.2) is 96.4 Å². The number of para-hydroxylation sites is 1. The Kier molecular flexibility index (Phi) is 16.3. The molecule has 1 aromatic carbocycles. The second-order valence-corrected chi connectivity index (χ2v) is 13.7. The Balaban J connectivity index is 0.000000166. The van der Waals surface area contributed by atoms with Crippen molar-refractivity contribution in [2.75, 3.05) is 5.32 Å². The molecule has 4 aromatic rings. The molecular weight excluding hydrogens is 589 g/mol. The number of nitrogens with one attached hydrogen (secondary N) is 2. The van der Waals surface area contributed by atoms with E-state index >= 15 is 0 Å². The molecule has 48 heavy (non-hydrogen) atoms. The molecule has 6 nitrogen and oxygen atoms in total. The van der Waals surface area contributed by atoms with Crippen molar-refractivity contribution < 1.29 is 0 Å². The van der Waals surface area contributed by atoms with E-state index in [1.54, 1.807) is 0 Å². The third kappa shape index (κ3) is 13.3. The van der Waals surface area contributed by atoms with Gasteiger partial charge in [0.15, 0.2) is 0 Å². The molecule has 256 valence electrons. The van der Waals surface area contributed by atoms with Crippen LogP contribution in [-0.4, -0.2) is 33.3 Å². The number of aliphatic imine (C=N–C) groups is 1. The van der Waals surface area contributed by atoms with Crippen molar-refractivity contribution in [1.29, 1.82) is 0 Å². The number of aromatic nitrogens is 3. The molecule has 0 atom stereocenters. The summed E-state index contributed by atoms with van der Waals surface area (Å²) in [5.41, 5.74) is 7.24. The van der Waals surface area contributed by atoms with Crippen LogP contribution >= 0.6 is 0 Å². The summed E-state index contributed by atoms with van der Waals surface area (Å²) in [6.07, 6.45) is 20.9. The van der Waals surface area contributed by atoms with Gasteiger partial charge in [-0.2, -0.15) is 0 Å². The van der Waals surface area contributed by atoms with Gasteiger partial charge in [0.2, 0.25) is 0 Å². The first-order valence-corrected chi connectivity index (χ1v) is 18.3. The number of nitrogens with zero attached hydrogens (tertiary/aromatic N) is 4. The van der Waals surface area contributed by atoms with Gasteiger partial charge in [0.1, 0.15) is 0 Å². The molecule has 0 unspecified atom stereocenters. The zero-order valence-corrected chi connectivity index (χ0v) is 29.8. The van der Waals surface area contributed by atoms with Crippen molar-refractivity contribution in [2.45, 2.75) is 129 Å². The minimum absolute atomic E-state index is 0.514. The fraction of sp³-hybridized carbons (Fsp3) is 0.476. The monoisotopic (exact) mass is 646 g/mol. The van der Waals surface area contributed by atoms with Gasteiger partial charge < -0.3 is 10.6 Å². The second-order valence-electron chi connectivity index (χ2n) is 13.7. The van der Waals surface area contributed by atoms with Crippen LogP contribution in [0.2, 0.25) is 0 Å². The van der Waals surface area contributed by atoms with Gasteiger partial charge in [-0.05, 0) is 85.0 Å². The van der Waals surface area contributed by atoms with Crippen molar-refractivity contribution in [3.8, 4) is 0 Å². The molecule has 0 aliphatic heterocycles. The van der Waals surface area contributed by atoms with Gasteiger partial charge >= 0.3 is 0 Å². The molecule has 6 rings (SSSR count). The minimum Gasteiger partial charge on any atom is -0.379 e. The summed E-state index contributed by atoms with van der Waals surface area (Å²) in [7, 11) is 0. The normalized spacial score (nSPS) is 15.5. The number of rotatable bonds is 10. The van der Waals surface area contributed by atoms with E-state index in [2.05, 4.69) is 88.6 Å². The van der Waals surface area contributed by atoms with Gasteiger partial charge in [0.05, 0.1) is 29.7 Å². The third-order valence-electron chi connectivity index (χ3n) is 9.13. The lowest BCUT2D eigenvalue weighted by Crippen LogP contribution is -2.30. The highest BCUT2D eigenvalue weighted by Gasteiger charge is 2.14. The highest BCUT2D eigenvalue weighted by molar-refractivity contribution is 5.76. The molecule has 2 N–H and O–H groups in total. The van der Waals surface area contributed by atoms with Gasteiger partial charge in [0, 0.05) is 43.1 Å². The van der Waals surface area contributed by atoms with E-state index in [0.717, 1.165) is 36.2 Å². The Morgan fingerprint density at radius 3 is 1.69 bits per heavy atom. The summed E-state index contributed by atoms with van der Waals surface area (Å²) < 4.78 is 0. The molecule has 2 aliphatic carbocycles. The maximum atomic E-state index is 4.57. The molecule has 2 saturated carbocycles. The number of pyridine rings is 3. The predicted octanol–water partition coefficient (Wildman–Crippen LogP) is 10.3. The average molecular weight is 647 g/mol. The number of hydrogen-bond acceptors (Lipinski definition) is 6. The number of benzene rings is 1. The highest BCUT2D eigenvalue weighted by Crippen LogP contribution is 2.32. The lowest BCUT2D eigenvalue weighted by atomic mass is 9.92. The van der Waals surface area contributed by atoms with Crippen LogP contribution in [0.5, 0.6) is 0 Å². The lowest BCUT2D eigenvalue weighted by Gasteiger charge is -2.22. The standard InChI is InChI=1S/C18H24N2.C12H18N2.C12H16N2/c1-13(2)16-9-7-10-17(14(3)4)18(16)20-12-15-8-5-6-11-19-15;2*1-2-6-11(7-3-1)14-10-12-8-4-5-9-13-12/h5-11,13-14,20H,12H2,1-4H3;4-5,8-9,11,14H,1-3,6-7,10H2;4-5,8-11H,1-3,6-7H2. The van der Waals surface area contributed by atoms with Gasteiger partial charge in [-0.3, -0.25) is 19.9 Å². The SMILES string of the molecule is C(=NC1CCCCC1)c1ccccn1.CC(C)c1cccc(C(C)C)c1NCc1ccccn1.c1ccc(CNC2CCCCC2)nc1. The van der Waals surface area contributed by atoms with E-state index in [1.807, 2.05) is 67.3 Å². The maximum Gasteiger partial charge on any atom is 0.0807 e. The topological polar surface area (TPSA) is 75.1 Å². The second kappa shape index (κ2) is 21.1. The van der Waals surface area contributed by atoms with E-state index < -0.39 is 0 Å². The van der Waals surface area contributed by atoms with Gasteiger partial charge in [0.25, 0.3) is 0 Å². The first-order valence-electron chi connectivity index (χ1n) is 18.3. The lowest BCUT2D eigenvalue weighted by molar-refractivity contribution is 0.371. The summed E-state index contributed by atoms with van der Waals surface area (Å²) >= 11 is 0. The fourth-order valence-electron chi connectivity index (χ4n) is 6.36. The summed E-state index contributed by atoms with van der Waals surface area (Å²) in [5.74, 6) is 1.03. The average Bonchev–Trinajstić information content (AvgIpc) is 3.15. The maximum absolute atomic E-state index is 4.57. The van der Waals surface area contributed by atoms with Crippen LogP contribution in [0.4, 0.5) is 5.69 Å². The molecule has 0 spiro atoms. The van der Waals surface area contributed by atoms with Crippen LogP contribution in [-0.2, 0) is 13.1 Å². The molecular formula is C42H58N6. The van der Waals surface area contributed by atoms with Crippen molar-refractivity contribution in [2.24, 2.45) is 4.99 Å². The third-order valence-corrected chi connectivity index (χ3v) is 9.13. The van der Waals surface area contributed by atoms with Crippen molar-refractivity contribution in [3.63, 3.8) is 0 Å².